The van der Waals surface area contributed by atoms with Gasteiger partial charge in [-0.1, -0.05) is 35.9 Å². The van der Waals surface area contributed by atoms with E-state index in [2.05, 4.69) is 5.32 Å². The van der Waals surface area contributed by atoms with E-state index in [-0.39, 0.29) is 69.0 Å². The number of carbonyl (C=O) groups is 1. The van der Waals surface area contributed by atoms with Crippen molar-refractivity contribution in [3.05, 3.63) is 89.5 Å². The van der Waals surface area contributed by atoms with Crippen LogP contribution in [0.25, 0.3) is 0 Å². The molecular weight excluding hydrogens is 579 g/mol. The molecule has 0 aliphatic heterocycles. The van der Waals surface area contributed by atoms with Crippen molar-refractivity contribution in [1.29, 1.82) is 0 Å². The Morgan fingerprint density at radius 1 is 0.762 bits per heavy atom. The highest BCUT2D eigenvalue weighted by atomic mass is 32.2. The van der Waals surface area contributed by atoms with Crippen LogP contribution < -0.4 is 5.32 Å². The maximum absolute atomic E-state index is 13.0. The molecule has 0 aliphatic carbocycles. The Bertz CT molecular complexity index is 1380. The number of alkyl halides is 3. The quantitative estimate of drug-likeness (QED) is 0.122. The van der Waals surface area contributed by atoms with Crippen molar-refractivity contribution in [3.63, 3.8) is 0 Å². The van der Waals surface area contributed by atoms with E-state index in [1.165, 1.54) is 30.3 Å². The first-order valence-electron chi connectivity index (χ1n) is 13.0. The third kappa shape index (κ3) is 11.1. The lowest BCUT2D eigenvalue weighted by Crippen LogP contribution is -2.16. The van der Waals surface area contributed by atoms with Crippen LogP contribution in [-0.2, 0) is 39.4 Å². The van der Waals surface area contributed by atoms with Gasteiger partial charge in [-0.3, -0.25) is 4.18 Å². The Morgan fingerprint density at radius 3 is 2.00 bits per heavy atom. The number of para-hydroxylation sites is 1. The minimum absolute atomic E-state index is 0.0364. The average Bonchev–Trinajstić information content (AvgIpc) is 2.95. The maximum atomic E-state index is 13.0. The number of anilines is 2. The molecule has 0 saturated heterocycles. The normalized spacial score (nSPS) is 11.8. The summed E-state index contributed by atoms with van der Waals surface area (Å²) in [7, 11) is -3.83. The number of rotatable bonds is 17. The van der Waals surface area contributed by atoms with Crippen LogP contribution in [0.15, 0.2) is 77.7 Å². The van der Waals surface area contributed by atoms with E-state index in [0.29, 0.717) is 5.69 Å². The van der Waals surface area contributed by atoms with Gasteiger partial charge in [0.25, 0.3) is 10.1 Å². The molecule has 0 radical (unpaired) electrons. The van der Waals surface area contributed by atoms with Crippen LogP contribution in [0.1, 0.15) is 21.5 Å². The van der Waals surface area contributed by atoms with Crippen LogP contribution in [0.2, 0.25) is 0 Å². The summed E-state index contributed by atoms with van der Waals surface area (Å²) in [5.41, 5.74) is 0.781. The van der Waals surface area contributed by atoms with Gasteiger partial charge in [-0.05, 0) is 49.4 Å². The first-order chi connectivity index (χ1) is 20.1. The SMILES string of the molecule is Cc1ccc(S(=O)(=O)OCCOCCOCCOCCOC(=O)c2ccccc2Nc2cccc(C(F)(F)F)c2)cc1. The molecule has 0 aromatic heterocycles. The number of carbonyl (C=O) groups excluding carboxylic acids is 1. The first kappa shape index (κ1) is 33.0. The fourth-order valence-corrected chi connectivity index (χ4v) is 4.38. The lowest BCUT2D eigenvalue weighted by Gasteiger charge is -2.13. The molecule has 13 heteroatoms. The number of hydrogen-bond acceptors (Lipinski definition) is 9. The smallest absolute Gasteiger partial charge is 0.416 e. The van der Waals surface area contributed by atoms with Crippen LogP contribution in [0.3, 0.4) is 0 Å². The number of ether oxygens (including phenoxy) is 4. The molecule has 0 atom stereocenters. The number of benzene rings is 3. The van der Waals surface area contributed by atoms with E-state index in [0.717, 1.165) is 17.7 Å². The number of nitrogens with one attached hydrogen (secondary N) is 1. The zero-order valence-corrected chi connectivity index (χ0v) is 23.7. The standard InChI is InChI=1S/C29H32F3NO8S/c1-22-9-11-25(12-10-22)42(35,36)41-20-18-39-16-14-37-13-15-38-17-19-40-28(34)26-7-2-3-8-27(26)33-24-6-4-5-23(21-24)29(30,31)32/h2-12,21,33H,13-20H2,1H3. The second kappa shape index (κ2) is 16.2. The lowest BCUT2D eigenvalue weighted by molar-refractivity contribution is -0.137. The monoisotopic (exact) mass is 611 g/mol. The summed E-state index contributed by atoms with van der Waals surface area (Å²) in [6, 6.07) is 17.3. The number of halogens is 3. The van der Waals surface area contributed by atoms with E-state index in [9.17, 15) is 26.4 Å². The van der Waals surface area contributed by atoms with Crippen LogP contribution in [0.5, 0.6) is 0 Å². The van der Waals surface area contributed by atoms with Crippen LogP contribution in [-0.4, -0.2) is 67.2 Å². The van der Waals surface area contributed by atoms with Crippen molar-refractivity contribution in [2.45, 2.75) is 18.0 Å². The average molecular weight is 612 g/mol. The minimum atomic E-state index is -4.49. The van der Waals surface area contributed by atoms with Crippen molar-refractivity contribution < 1.29 is 49.5 Å². The van der Waals surface area contributed by atoms with E-state index < -0.39 is 27.8 Å². The second-order valence-corrected chi connectivity index (χ2v) is 10.4. The molecule has 1 N–H and O–H groups in total. The molecule has 0 aliphatic rings. The van der Waals surface area contributed by atoms with E-state index in [4.69, 9.17) is 23.1 Å². The van der Waals surface area contributed by atoms with Gasteiger partial charge in [-0.2, -0.15) is 21.6 Å². The molecule has 0 fully saturated rings. The fraction of sp³-hybridized carbons (Fsp3) is 0.345. The van der Waals surface area contributed by atoms with Crippen molar-refractivity contribution >= 4 is 27.5 Å². The molecule has 0 amide bonds. The van der Waals surface area contributed by atoms with Crippen molar-refractivity contribution in [2.24, 2.45) is 0 Å². The maximum Gasteiger partial charge on any atom is 0.416 e. The van der Waals surface area contributed by atoms with Gasteiger partial charge in [-0.15, -0.1) is 0 Å². The zero-order valence-electron chi connectivity index (χ0n) is 22.9. The lowest BCUT2D eigenvalue weighted by atomic mass is 10.1. The van der Waals surface area contributed by atoms with Crippen LogP contribution in [0.4, 0.5) is 24.5 Å². The van der Waals surface area contributed by atoms with Gasteiger partial charge in [0.2, 0.25) is 0 Å². The Kier molecular flexibility index (Phi) is 12.8. The van der Waals surface area contributed by atoms with Gasteiger partial charge in [-0.25, -0.2) is 4.79 Å². The molecule has 0 bridgehead atoms. The molecular formula is C29H32F3NO8S. The second-order valence-electron chi connectivity index (χ2n) is 8.81. The fourth-order valence-electron chi connectivity index (χ4n) is 3.49. The van der Waals surface area contributed by atoms with Gasteiger partial charge >= 0.3 is 12.1 Å². The zero-order chi connectivity index (χ0) is 30.4. The number of esters is 1. The Labute approximate surface area is 242 Å². The summed E-state index contributed by atoms with van der Waals surface area (Å²) in [4.78, 5) is 12.6. The van der Waals surface area contributed by atoms with Crippen molar-refractivity contribution in [3.8, 4) is 0 Å². The number of hydrogen-bond donors (Lipinski definition) is 1. The molecule has 9 nitrogen and oxygen atoms in total. The van der Waals surface area contributed by atoms with Gasteiger partial charge in [0.15, 0.2) is 0 Å². The molecule has 0 heterocycles. The molecule has 3 aromatic rings. The molecule has 3 rings (SSSR count). The summed E-state index contributed by atoms with van der Waals surface area (Å²) < 4.78 is 89.4. The van der Waals surface area contributed by atoms with Crippen molar-refractivity contribution in [1.82, 2.24) is 0 Å². The molecule has 0 saturated carbocycles. The van der Waals surface area contributed by atoms with Crippen LogP contribution in [0, 0.1) is 6.92 Å². The first-order valence-corrected chi connectivity index (χ1v) is 14.4. The molecule has 228 valence electrons. The van der Waals surface area contributed by atoms with E-state index in [1.807, 2.05) is 6.92 Å². The van der Waals surface area contributed by atoms with Crippen molar-refractivity contribution in [2.75, 3.05) is 58.2 Å². The molecule has 3 aromatic carbocycles. The summed E-state index contributed by atoms with van der Waals surface area (Å²) in [5, 5.41) is 2.83. The van der Waals surface area contributed by atoms with Gasteiger partial charge in [0, 0.05) is 5.69 Å². The summed E-state index contributed by atoms with van der Waals surface area (Å²) >= 11 is 0. The van der Waals surface area contributed by atoms with E-state index in [1.54, 1.807) is 30.3 Å². The van der Waals surface area contributed by atoms with Gasteiger partial charge < -0.3 is 24.3 Å². The Hall–Kier alpha value is -3.49. The Balaban J connectivity index is 1.24. The number of aryl methyl sites for hydroxylation is 1. The van der Waals surface area contributed by atoms with Gasteiger partial charge in [0.05, 0.1) is 68.0 Å². The van der Waals surface area contributed by atoms with Gasteiger partial charge in [0.1, 0.15) is 6.61 Å². The molecule has 0 unspecified atom stereocenters. The third-order valence-electron chi connectivity index (χ3n) is 5.60. The summed E-state index contributed by atoms with van der Waals surface area (Å²) in [5.74, 6) is -0.655. The summed E-state index contributed by atoms with van der Waals surface area (Å²) in [6.45, 7) is 2.89. The third-order valence-corrected chi connectivity index (χ3v) is 6.92. The molecule has 42 heavy (non-hydrogen) atoms. The molecule has 0 spiro atoms. The summed E-state index contributed by atoms with van der Waals surface area (Å²) in [6.07, 6.45) is -4.49. The highest BCUT2D eigenvalue weighted by Crippen LogP contribution is 2.32. The Morgan fingerprint density at radius 2 is 1.36 bits per heavy atom. The van der Waals surface area contributed by atoms with Crippen LogP contribution >= 0.6 is 0 Å². The minimum Gasteiger partial charge on any atom is -0.460 e. The predicted octanol–water partition coefficient (Wildman–Crippen LogP) is 5.37. The predicted molar refractivity (Wildman–Crippen MR) is 148 cm³/mol. The van der Waals surface area contributed by atoms with E-state index >= 15 is 0 Å². The highest BCUT2D eigenvalue weighted by molar-refractivity contribution is 7.86. The highest BCUT2D eigenvalue weighted by Gasteiger charge is 2.30. The largest absolute Gasteiger partial charge is 0.460 e. The topological polar surface area (TPSA) is 109 Å².